The number of benzene rings is 1. The van der Waals surface area contributed by atoms with Crippen molar-refractivity contribution < 1.29 is 5.11 Å². The van der Waals surface area contributed by atoms with Crippen LogP contribution in [-0.4, -0.2) is 45.8 Å². The topological polar surface area (TPSA) is 65.1 Å². The molecule has 0 saturated heterocycles. The first-order valence-electron chi connectivity index (χ1n) is 7.59. The van der Waals surface area contributed by atoms with E-state index < -0.39 is 6.10 Å². The lowest BCUT2D eigenvalue weighted by molar-refractivity contribution is 0.108. The van der Waals surface area contributed by atoms with Gasteiger partial charge in [0.05, 0.1) is 42.0 Å². The van der Waals surface area contributed by atoms with Crippen LogP contribution in [0.25, 0.3) is 11.0 Å². The summed E-state index contributed by atoms with van der Waals surface area (Å²) in [6.45, 7) is 7.75. The summed E-state index contributed by atoms with van der Waals surface area (Å²) >= 11 is 0. The zero-order valence-electron chi connectivity index (χ0n) is 13.7. The van der Waals surface area contributed by atoms with Crippen molar-refractivity contribution in [1.82, 2.24) is 14.5 Å². The molecule has 0 aliphatic heterocycles. The van der Waals surface area contributed by atoms with Crippen molar-refractivity contribution >= 4 is 11.0 Å². The standard InChI is InChI=1S/C17H24N4O/c1-12(7-18)8-20(4)9-15(22)10-21-11-19-16-5-13(2)14(3)6-17(16)21/h5-6,11-12,15,22H,8-10H2,1-4H3. The Morgan fingerprint density at radius 2 is 2.00 bits per heavy atom. The van der Waals surface area contributed by atoms with Crippen LogP contribution in [0.5, 0.6) is 0 Å². The van der Waals surface area contributed by atoms with Crippen LogP contribution in [0, 0.1) is 31.1 Å². The molecule has 0 aliphatic carbocycles. The number of nitrogens with zero attached hydrogens (tertiary/aromatic N) is 4. The predicted octanol–water partition coefficient (Wildman–Crippen LogP) is 2.11. The minimum Gasteiger partial charge on any atom is -0.390 e. The smallest absolute Gasteiger partial charge is 0.0959 e. The first kappa shape index (κ1) is 16.5. The van der Waals surface area contributed by atoms with E-state index in [9.17, 15) is 5.11 Å². The van der Waals surface area contributed by atoms with Gasteiger partial charge in [0.15, 0.2) is 0 Å². The van der Waals surface area contributed by atoms with Crippen molar-refractivity contribution in [1.29, 1.82) is 5.26 Å². The van der Waals surface area contributed by atoms with Crippen molar-refractivity contribution in [3.63, 3.8) is 0 Å². The average Bonchev–Trinajstić information content (AvgIpc) is 2.81. The van der Waals surface area contributed by atoms with Gasteiger partial charge in [-0.25, -0.2) is 4.98 Å². The van der Waals surface area contributed by atoms with E-state index in [2.05, 4.69) is 37.0 Å². The molecule has 1 heterocycles. The third-order valence-corrected chi connectivity index (χ3v) is 3.97. The molecule has 118 valence electrons. The number of aliphatic hydroxyl groups excluding tert-OH is 1. The summed E-state index contributed by atoms with van der Waals surface area (Å²) < 4.78 is 1.99. The van der Waals surface area contributed by atoms with Crippen molar-refractivity contribution in [2.75, 3.05) is 20.1 Å². The third-order valence-electron chi connectivity index (χ3n) is 3.97. The molecule has 1 aromatic carbocycles. The summed E-state index contributed by atoms with van der Waals surface area (Å²) in [5, 5.41) is 19.1. The van der Waals surface area contributed by atoms with E-state index >= 15 is 0 Å². The summed E-state index contributed by atoms with van der Waals surface area (Å²) in [4.78, 5) is 6.40. The van der Waals surface area contributed by atoms with Gasteiger partial charge in [0.1, 0.15) is 0 Å². The van der Waals surface area contributed by atoms with Crippen LogP contribution in [0.4, 0.5) is 0 Å². The van der Waals surface area contributed by atoms with Crippen LogP contribution in [-0.2, 0) is 6.54 Å². The van der Waals surface area contributed by atoms with E-state index in [1.54, 1.807) is 6.33 Å². The van der Waals surface area contributed by atoms with Gasteiger partial charge in [-0.05, 0) is 51.1 Å². The molecule has 0 saturated carbocycles. The molecule has 22 heavy (non-hydrogen) atoms. The van der Waals surface area contributed by atoms with Crippen LogP contribution in [0.15, 0.2) is 18.5 Å². The summed E-state index contributed by atoms with van der Waals surface area (Å²) in [5.74, 6) is -0.0306. The molecule has 2 aromatic rings. The molecule has 0 spiro atoms. The molecule has 1 N–H and O–H groups in total. The SMILES string of the molecule is Cc1cc2ncn(CC(O)CN(C)CC(C)C#N)c2cc1C. The number of aliphatic hydroxyl groups is 1. The Bertz CT molecular complexity index is 686. The zero-order chi connectivity index (χ0) is 16.3. The number of fused-ring (bicyclic) bond motifs is 1. The molecule has 0 radical (unpaired) electrons. The number of imidazole rings is 1. The fourth-order valence-corrected chi connectivity index (χ4v) is 2.69. The molecule has 2 atom stereocenters. The molecule has 0 amide bonds. The Labute approximate surface area is 131 Å². The fraction of sp³-hybridized carbons (Fsp3) is 0.529. The van der Waals surface area contributed by atoms with Crippen LogP contribution < -0.4 is 0 Å². The molecular weight excluding hydrogens is 276 g/mol. The van der Waals surface area contributed by atoms with E-state index in [-0.39, 0.29) is 5.92 Å². The fourth-order valence-electron chi connectivity index (χ4n) is 2.69. The maximum absolute atomic E-state index is 10.3. The highest BCUT2D eigenvalue weighted by Gasteiger charge is 2.13. The second-order valence-corrected chi connectivity index (χ2v) is 6.23. The van der Waals surface area contributed by atoms with Gasteiger partial charge in [0.25, 0.3) is 0 Å². The Morgan fingerprint density at radius 3 is 2.68 bits per heavy atom. The van der Waals surface area contributed by atoms with Crippen molar-refractivity contribution in [3.05, 3.63) is 29.6 Å². The quantitative estimate of drug-likeness (QED) is 0.887. The van der Waals surface area contributed by atoms with Gasteiger partial charge in [-0.15, -0.1) is 0 Å². The molecule has 2 rings (SSSR count). The molecule has 5 heteroatoms. The van der Waals surface area contributed by atoms with E-state index in [0.29, 0.717) is 19.6 Å². The lowest BCUT2D eigenvalue weighted by atomic mass is 10.1. The monoisotopic (exact) mass is 300 g/mol. The van der Waals surface area contributed by atoms with Crippen molar-refractivity contribution in [2.45, 2.75) is 33.4 Å². The van der Waals surface area contributed by atoms with Crippen molar-refractivity contribution in [2.24, 2.45) is 5.92 Å². The maximum Gasteiger partial charge on any atom is 0.0959 e. The van der Waals surface area contributed by atoms with Gasteiger partial charge in [-0.2, -0.15) is 5.26 Å². The largest absolute Gasteiger partial charge is 0.390 e. The number of aryl methyl sites for hydroxylation is 2. The van der Waals surface area contributed by atoms with E-state index in [0.717, 1.165) is 11.0 Å². The molecule has 0 fully saturated rings. The molecular formula is C17H24N4O. The van der Waals surface area contributed by atoms with E-state index in [1.165, 1.54) is 11.1 Å². The molecule has 0 aliphatic rings. The number of aromatic nitrogens is 2. The van der Waals surface area contributed by atoms with Crippen LogP contribution >= 0.6 is 0 Å². The third kappa shape index (κ3) is 3.85. The maximum atomic E-state index is 10.3. The zero-order valence-corrected chi connectivity index (χ0v) is 13.7. The Balaban J connectivity index is 2.04. The van der Waals surface area contributed by atoms with Gasteiger partial charge in [-0.1, -0.05) is 0 Å². The van der Waals surface area contributed by atoms with E-state index in [4.69, 9.17) is 5.26 Å². The van der Waals surface area contributed by atoms with Gasteiger partial charge in [-0.3, -0.25) is 0 Å². The Hall–Kier alpha value is -1.90. The molecule has 2 unspecified atom stereocenters. The van der Waals surface area contributed by atoms with Gasteiger partial charge in [0.2, 0.25) is 0 Å². The molecule has 5 nitrogen and oxygen atoms in total. The molecule has 0 bridgehead atoms. The minimum absolute atomic E-state index is 0.0306. The Morgan fingerprint density at radius 1 is 1.32 bits per heavy atom. The lowest BCUT2D eigenvalue weighted by Crippen LogP contribution is -2.34. The summed E-state index contributed by atoms with van der Waals surface area (Å²) in [5.41, 5.74) is 4.46. The first-order chi connectivity index (χ1) is 10.4. The number of likely N-dealkylation sites (N-methyl/N-ethyl adjacent to an activating group) is 1. The normalized spacial score (nSPS) is 14.2. The van der Waals surface area contributed by atoms with Crippen LogP contribution in [0.1, 0.15) is 18.1 Å². The minimum atomic E-state index is -0.491. The predicted molar refractivity (Wildman–Crippen MR) is 87.5 cm³/mol. The van der Waals surface area contributed by atoms with Crippen LogP contribution in [0.3, 0.4) is 0 Å². The highest BCUT2D eigenvalue weighted by molar-refractivity contribution is 5.77. The molecule has 1 aromatic heterocycles. The second kappa shape index (κ2) is 6.91. The second-order valence-electron chi connectivity index (χ2n) is 6.23. The van der Waals surface area contributed by atoms with Gasteiger partial charge < -0.3 is 14.6 Å². The van der Waals surface area contributed by atoms with Crippen molar-refractivity contribution in [3.8, 4) is 6.07 Å². The number of hydrogen-bond acceptors (Lipinski definition) is 4. The Kier molecular flexibility index (Phi) is 5.17. The summed E-state index contributed by atoms with van der Waals surface area (Å²) in [6, 6.07) is 6.41. The highest BCUT2D eigenvalue weighted by atomic mass is 16.3. The average molecular weight is 300 g/mol. The lowest BCUT2D eigenvalue weighted by Gasteiger charge is -2.21. The van der Waals surface area contributed by atoms with Gasteiger partial charge >= 0.3 is 0 Å². The highest BCUT2D eigenvalue weighted by Crippen LogP contribution is 2.18. The summed E-state index contributed by atoms with van der Waals surface area (Å²) in [6.07, 6.45) is 1.29. The first-order valence-corrected chi connectivity index (χ1v) is 7.59. The number of hydrogen-bond donors (Lipinski definition) is 1. The summed E-state index contributed by atoms with van der Waals surface area (Å²) in [7, 11) is 1.93. The number of rotatable bonds is 6. The van der Waals surface area contributed by atoms with Crippen LogP contribution in [0.2, 0.25) is 0 Å². The number of nitriles is 1. The van der Waals surface area contributed by atoms with E-state index in [1.807, 2.05) is 23.4 Å². The van der Waals surface area contributed by atoms with Gasteiger partial charge in [0, 0.05) is 13.1 Å².